The maximum Gasteiger partial charge on any atom is 0.174 e. The molecule has 0 unspecified atom stereocenters. The van der Waals surface area contributed by atoms with Crippen molar-refractivity contribution in [1.82, 2.24) is 0 Å². The summed E-state index contributed by atoms with van der Waals surface area (Å²) in [7, 11) is -1.59. The van der Waals surface area contributed by atoms with Gasteiger partial charge >= 0.3 is 0 Å². The molecular formula is C24H35N3Si. The van der Waals surface area contributed by atoms with E-state index in [2.05, 4.69) is 95.2 Å². The number of rotatable bonds is 3. The van der Waals surface area contributed by atoms with Crippen LogP contribution in [-0.4, -0.2) is 27.3 Å². The van der Waals surface area contributed by atoms with Gasteiger partial charge in [0.2, 0.25) is 0 Å². The summed E-state index contributed by atoms with van der Waals surface area (Å²) in [6.07, 6.45) is 0. The van der Waals surface area contributed by atoms with E-state index >= 15 is 0 Å². The zero-order chi connectivity index (χ0) is 20.8. The lowest BCUT2D eigenvalue weighted by Gasteiger charge is -2.27. The third-order valence-corrected chi connectivity index (χ3v) is 6.21. The van der Waals surface area contributed by atoms with Crippen molar-refractivity contribution in [2.24, 2.45) is 4.66 Å². The fourth-order valence-electron chi connectivity index (χ4n) is 4.66. The van der Waals surface area contributed by atoms with E-state index < -0.39 is 8.24 Å². The van der Waals surface area contributed by atoms with Gasteiger partial charge in [-0.1, -0.05) is 35.4 Å². The fourth-order valence-corrected chi connectivity index (χ4v) is 5.63. The Hall–Kier alpha value is -2.07. The van der Waals surface area contributed by atoms with Gasteiger partial charge in [-0.15, -0.1) is 0 Å². The third-order valence-electron chi connectivity index (χ3n) is 5.28. The summed E-state index contributed by atoms with van der Waals surface area (Å²) in [5, 5.41) is 0. The second-order valence-corrected chi connectivity index (χ2v) is 14.0. The number of nitrogens with zero attached hydrogens (tertiary/aromatic N) is 3. The summed E-state index contributed by atoms with van der Waals surface area (Å²) in [6, 6.07) is 9.17. The predicted molar refractivity (Wildman–Crippen MR) is 127 cm³/mol. The summed E-state index contributed by atoms with van der Waals surface area (Å²) in [5.41, 5.74) is 10.7. The molecule has 1 saturated heterocycles. The summed E-state index contributed by atoms with van der Waals surface area (Å²) in [5.74, 6) is 1.22. The molecule has 1 heterocycles. The molecule has 0 aliphatic carbocycles. The number of benzene rings is 2. The summed E-state index contributed by atoms with van der Waals surface area (Å²) in [4.78, 5) is 4.96. The van der Waals surface area contributed by atoms with E-state index in [-0.39, 0.29) is 0 Å². The highest BCUT2D eigenvalue weighted by molar-refractivity contribution is 6.75. The van der Waals surface area contributed by atoms with Crippen LogP contribution in [0.15, 0.2) is 28.9 Å². The molecule has 3 rings (SSSR count). The SMILES string of the molecule is Cc1cc(C)c(N2CC(=N[Si](C)(C)C)N(c3c(C)cc(C)cc3C)C2)c(C)c1. The molecular weight excluding hydrogens is 358 g/mol. The van der Waals surface area contributed by atoms with Crippen molar-refractivity contribution in [3.63, 3.8) is 0 Å². The molecule has 0 aromatic heterocycles. The number of hydrogen-bond acceptors (Lipinski definition) is 2. The Morgan fingerprint density at radius 3 is 1.57 bits per heavy atom. The molecule has 0 saturated carbocycles. The van der Waals surface area contributed by atoms with Gasteiger partial charge in [0.25, 0.3) is 0 Å². The number of hydrogen-bond donors (Lipinski definition) is 0. The van der Waals surface area contributed by atoms with E-state index in [0.29, 0.717) is 0 Å². The molecule has 1 aliphatic heterocycles. The van der Waals surface area contributed by atoms with Gasteiger partial charge in [-0.2, -0.15) is 0 Å². The molecule has 0 atom stereocenters. The van der Waals surface area contributed by atoms with Gasteiger partial charge in [0.1, 0.15) is 5.84 Å². The van der Waals surface area contributed by atoms with Crippen LogP contribution in [0.3, 0.4) is 0 Å². The monoisotopic (exact) mass is 393 g/mol. The van der Waals surface area contributed by atoms with Crippen LogP contribution in [0.2, 0.25) is 19.6 Å². The molecule has 4 heteroatoms. The van der Waals surface area contributed by atoms with Crippen molar-refractivity contribution < 1.29 is 0 Å². The minimum absolute atomic E-state index is 0.860. The third kappa shape index (κ3) is 4.17. The first-order chi connectivity index (χ1) is 13.0. The van der Waals surface area contributed by atoms with E-state index in [1.54, 1.807) is 0 Å². The van der Waals surface area contributed by atoms with Crippen LogP contribution in [0.4, 0.5) is 11.4 Å². The molecule has 3 nitrogen and oxygen atoms in total. The van der Waals surface area contributed by atoms with Crippen LogP contribution in [0, 0.1) is 41.5 Å². The Morgan fingerprint density at radius 2 is 1.14 bits per heavy atom. The Labute approximate surface area is 172 Å². The molecule has 28 heavy (non-hydrogen) atoms. The molecule has 2 aromatic rings. The lowest BCUT2D eigenvalue weighted by atomic mass is 10.0. The van der Waals surface area contributed by atoms with Crippen LogP contribution in [0.1, 0.15) is 33.4 Å². The van der Waals surface area contributed by atoms with E-state index in [9.17, 15) is 0 Å². The Bertz CT molecular complexity index is 891. The van der Waals surface area contributed by atoms with Crippen LogP contribution >= 0.6 is 0 Å². The van der Waals surface area contributed by atoms with Gasteiger partial charge in [0.05, 0.1) is 13.2 Å². The van der Waals surface area contributed by atoms with Crippen molar-refractivity contribution in [2.45, 2.75) is 61.2 Å². The van der Waals surface area contributed by atoms with Crippen LogP contribution in [0.25, 0.3) is 0 Å². The highest BCUT2D eigenvalue weighted by Crippen LogP contribution is 2.34. The van der Waals surface area contributed by atoms with Gasteiger partial charge in [-0.05, 0) is 83.4 Å². The van der Waals surface area contributed by atoms with Gasteiger partial charge in [-0.3, -0.25) is 0 Å². The molecule has 1 aliphatic rings. The number of amidine groups is 1. The highest BCUT2D eigenvalue weighted by Gasteiger charge is 2.32. The molecule has 0 radical (unpaired) electrons. The average molecular weight is 394 g/mol. The summed E-state index contributed by atoms with van der Waals surface area (Å²) < 4.78 is 5.26. The lowest BCUT2D eigenvalue weighted by Crippen LogP contribution is -2.32. The van der Waals surface area contributed by atoms with Gasteiger partial charge in [0.15, 0.2) is 8.24 Å². The van der Waals surface area contributed by atoms with Crippen molar-refractivity contribution in [1.29, 1.82) is 0 Å². The minimum Gasteiger partial charge on any atom is -0.346 e. The minimum atomic E-state index is -1.59. The average Bonchev–Trinajstić information content (AvgIpc) is 2.86. The first kappa shape index (κ1) is 20.7. The Morgan fingerprint density at radius 1 is 0.714 bits per heavy atom. The zero-order valence-corrected chi connectivity index (χ0v) is 20.1. The summed E-state index contributed by atoms with van der Waals surface area (Å²) >= 11 is 0. The Kier molecular flexibility index (Phi) is 5.46. The van der Waals surface area contributed by atoms with Gasteiger partial charge < -0.3 is 14.5 Å². The van der Waals surface area contributed by atoms with E-state index in [1.165, 1.54) is 50.6 Å². The molecule has 150 valence electrons. The number of anilines is 2. The second-order valence-electron chi connectivity index (χ2n) is 9.46. The van der Waals surface area contributed by atoms with Crippen molar-refractivity contribution in [3.8, 4) is 0 Å². The predicted octanol–water partition coefficient (Wildman–Crippen LogP) is 6.05. The highest BCUT2D eigenvalue weighted by atomic mass is 28.3. The second kappa shape index (κ2) is 7.40. The van der Waals surface area contributed by atoms with Crippen LogP contribution in [-0.2, 0) is 0 Å². The first-order valence-corrected chi connectivity index (χ1v) is 13.7. The smallest absolute Gasteiger partial charge is 0.174 e. The topological polar surface area (TPSA) is 18.8 Å². The molecule has 0 spiro atoms. The molecule has 2 aromatic carbocycles. The van der Waals surface area contributed by atoms with Crippen molar-refractivity contribution >= 4 is 25.4 Å². The Balaban J connectivity index is 2.11. The largest absolute Gasteiger partial charge is 0.346 e. The molecule has 1 fully saturated rings. The van der Waals surface area contributed by atoms with Crippen molar-refractivity contribution in [2.75, 3.05) is 23.0 Å². The fraction of sp³-hybridized carbons (Fsp3) is 0.458. The van der Waals surface area contributed by atoms with Crippen molar-refractivity contribution in [3.05, 3.63) is 57.6 Å². The van der Waals surface area contributed by atoms with E-state index in [1.807, 2.05) is 0 Å². The molecule has 0 amide bonds. The molecule has 0 bridgehead atoms. The number of aryl methyl sites for hydroxylation is 6. The standard InChI is InChI=1S/C24H35N3Si/c1-16-10-18(3)23(19(4)11-16)26-14-22(25-28(7,8)9)27(15-26)24-20(5)12-17(2)13-21(24)6/h10-13H,14-15H2,1-9H3. The molecule has 0 N–H and O–H groups in total. The zero-order valence-electron chi connectivity index (χ0n) is 19.1. The van der Waals surface area contributed by atoms with Crippen LogP contribution < -0.4 is 9.80 Å². The van der Waals surface area contributed by atoms with E-state index in [0.717, 1.165) is 13.2 Å². The van der Waals surface area contributed by atoms with Crippen LogP contribution in [0.5, 0.6) is 0 Å². The first-order valence-electron chi connectivity index (χ1n) is 10.2. The quantitative estimate of drug-likeness (QED) is 0.591. The van der Waals surface area contributed by atoms with E-state index in [4.69, 9.17) is 4.66 Å². The maximum absolute atomic E-state index is 5.26. The van der Waals surface area contributed by atoms with Gasteiger partial charge in [0, 0.05) is 11.4 Å². The normalized spacial score (nSPS) is 16.4. The maximum atomic E-state index is 5.26. The summed E-state index contributed by atoms with van der Waals surface area (Å²) in [6.45, 7) is 22.0. The van der Waals surface area contributed by atoms with Gasteiger partial charge in [-0.25, -0.2) is 0 Å². The lowest BCUT2D eigenvalue weighted by molar-refractivity contribution is 0.936.